The van der Waals surface area contributed by atoms with E-state index in [2.05, 4.69) is 17.1 Å². The number of hydrogen-bond donors (Lipinski definition) is 0. The molecule has 1 fully saturated rings. The Balaban J connectivity index is 2.16. The average Bonchev–Trinajstić information content (AvgIpc) is 2.71. The number of rotatable bonds is 2. The molecular formula is C9H13ClN2OS. The quantitative estimate of drug-likeness (QED) is 0.736. The molecule has 1 aromatic heterocycles. The highest BCUT2D eigenvalue weighted by Gasteiger charge is 2.29. The largest absolute Gasteiger partial charge is 0.378 e. The molecule has 0 amide bonds. The summed E-state index contributed by atoms with van der Waals surface area (Å²) in [6, 6.07) is 0. The van der Waals surface area contributed by atoms with E-state index in [1.807, 2.05) is 6.92 Å². The van der Waals surface area contributed by atoms with Crippen molar-refractivity contribution in [1.82, 2.24) is 10.2 Å². The minimum Gasteiger partial charge on any atom is -0.378 e. The zero-order valence-corrected chi connectivity index (χ0v) is 9.81. The number of aromatic nitrogens is 2. The maximum atomic E-state index is 5.94. The van der Waals surface area contributed by atoms with Crippen molar-refractivity contribution in [2.75, 3.05) is 6.61 Å². The molecule has 0 radical (unpaired) electrons. The van der Waals surface area contributed by atoms with E-state index in [9.17, 15) is 0 Å². The fourth-order valence-electron chi connectivity index (χ4n) is 1.61. The Morgan fingerprint density at radius 1 is 1.57 bits per heavy atom. The maximum absolute atomic E-state index is 5.94. The molecule has 0 N–H and O–H groups in total. The fraction of sp³-hybridized carbons (Fsp3) is 0.778. The van der Waals surface area contributed by atoms with Crippen LogP contribution in [0.5, 0.6) is 0 Å². The summed E-state index contributed by atoms with van der Waals surface area (Å²) in [5.74, 6) is 0.414. The van der Waals surface area contributed by atoms with Gasteiger partial charge in [0.05, 0.1) is 11.5 Å². The van der Waals surface area contributed by atoms with Gasteiger partial charge in [0.1, 0.15) is 10.0 Å². The summed E-state index contributed by atoms with van der Waals surface area (Å²) in [4.78, 5) is 0. The third kappa shape index (κ3) is 1.92. The summed E-state index contributed by atoms with van der Waals surface area (Å²) in [7, 11) is 0. The van der Waals surface area contributed by atoms with Crippen LogP contribution in [0.4, 0.5) is 0 Å². The molecule has 0 spiro atoms. The highest BCUT2D eigenvalue weighted by atomic mass is 35.5. The molecule has 0 bridgehead atoms. The van der Waals surface area contributed by atoms with Gasteiger partial charge in [-0.2, -0.15) is 0 Å². The van der Waals surface area contributed by atoms with Crippen molar-refractivity contribution in [2.45, 2.75) is 37.7 Å². The van der Waals surface area contributed by atoms with Crippen molar-refractivity contribution >= 4 is 22.9 Å². The van der Waals surface area contributed by atoms with Gasteiger partial charge in [-0.3, -0.25) is 0 Å². The third-order valence-electron chi connectivity index (χ3n) is 2.49. The normalized spacial score (nSPS) is 29.4. The SMILES string of the molecule is CC(Cl)c1nnc(C2CCOC2C)s1. The van der Waals surface area contributed by atoms with Crippen LogP contribution in [0.3, 0.4) is 0 Å². The summed E-state index contributed by atoms with van der Waals surface area (Å²) < 4.78 is 5.50. The van der Waals surface area contributed by atoms with Crippen LogP contribution in [-0.2, 0) is 4.74 Å². The van der Waals surface area contributed by atoms with E-state index in [1.54, 1.807) is 11.3 Å². The van der Waals surface area contributed by atoms with Crippen LogP contribution in [-0.4, -0.2) is 22.9 Å². The first kappa shape index (κ1) is 10.3. The Labute approximate surface area is 92.4 Å². The second-order valence-electron chi connectivity index (χ2n) is 3.57. The summed E-state index contributed by atoms with van der Waals surface area (Å²) in [6.07, 6.45) is 1.31. The molecule has 3 atom stereocenters. The molecule has 3 nitrogen and oxygen atoms in total. The van der Waals surface area contributed by atoms with Gasteiger partial charge >= 0.3 is 0 Å². The summed E-state index contributed by atoms with van der Waals surface area (Å²) in [5.41, 5.74) is 0. The zero-order valence-electron chi connectivity index (χ0n) is 8.24. The minimum atomic E-state index is -0.0427. The first-order chi connectivity index (χ1) is 6.68. The molecule has 78 valence electrons. The van der Waals surface area contributed by atoms with E-state index in [-0.39, 0.29) is 11.5 Å². The summed E-state index contributed by atoms with van der Waals surface area (Å²) >= 11 is 7.54. The van der Waals surface area contributed by atoms with Crippen molar-refractivity contribution in [3.05, 3.63) is 10.0 Å². The van der Waals surface area contributed by atoms with E-state index in [0.717, 1.165) is 23.0 Å². The molecule has 0 aromatic carbocycles. The molecule has 14 heavy (non-hydrogen) atoms. The van der Waals surface area contributed by atoms with Crippen LogP contribution in [0.25, 0.3) is 0 Å². The van der Waals surface area contributed by atoms with Crippen LogP contribution in [0.15, 0.2) is 0 Å². The fourth-order valence-corrected chi connectivity index (χ4v) is 2.79. The monoisotopic (exact) mass is 232 g/mol. The Kier molecular flexibility index (Phi) is 3.04. The molecule has 0 saturated carbocycles. The number of alkyl halides is 1. The minimum absolute atomic E-state index is 0.0427. The Hall–Kier alpha value is -0.190. The van der Waals surface area contributed by atoms with Crippen molar-refractivity contribution in [3.8, 4) is 0 Å². The Bertz CT molecular complexity index is 316. The lowest BCUT2D eigenvalue weighted by Gasteiger charge is -2.08. The molecular weight excluding hydrogens is 220 g/mol. The van der Waals surface area contributed by atoms with E-state index >= 15 is 0 Å². The van der Waals surface area contributed by atoms with Crippen molar-refractivity contribution < 1.29 is 4.74 Å². The number of nitrogens with zero attached hydrogens (tertiary/aromatic N) is 2. The van der Waals surface area contributed by atoms with Gasteiger partial charge in [0.2, 0.25) is 0 Å². The zero-order chi connectivity index (χ0) is 10.1. The van der Waals surface area contributed by atoms with Gasteiger partial charge in [-0.05, 0) is 20.3 Å². The summed E-state index contributed by atoms with van der Waals surface area (Å²) in [6.45, 7) is 4.83. The smallest absolute Gasteiger partial charge is 0.135 e. The van der Waals surface area contributed by atoms with Crippen molar-refractivity contribution in [3.63, 3.8) is 0 Å². The van der Waals surface area contributed by atoms with Gasteiger partial charge in [0, 0.05) is 12.5 Å². The van der Waals surface area contributed by atoms with Gasteiger partial charge in [0.25, 0.3) is 0 Å². The Morgan fingerprint density at radius 2 is 2.36 bits per heavy atom. The molecule has 1 aromatic rings. The number of halogens is 1. The van der Waals surface area contributed by atoms with E-state index in [1.165, 1.54) is 0 Å². The van der Waals surface area contributed by atoms with Crippen molar-refractivity contribution in [2.24, 2.45) is 0 Å². The van der Waals surface area contributed by atoms with Crippen LogP contribution >= 0.6 is 22.9 Å². The number of hydrogen-bond acceptors (Lipinski definition) is 4. The molecule has 2 rings (SSSR count). The second kappa shape index (κ2) is 4.13. The highest BCUT2D eigenvalue weighted by molar-refractivity contribution is 7.11. The molecule has 5 heteroatoms. The molecule has 1 aliphatic heterocycles. The Morgan fingerprint density at radius 3 is 2.86 bits per heavy atom. The standard InChI is InChI=1S/C9H13ClN2OS/c1-5(10)8-11-12-9(14-8)7-3-4-13-6(7)2/h5-7H,3-4H2,1-2H3. The lowest BCUT2D eigenvalue weighted by Crippen LogP contribution is -2.08. The lowest BCUT2D eigenvalue weighted by molar-refractivity contribution is 0.118. The predicted molar refractivity (Wildman–Crippen MR) is 56.9 cm³/mol. The van der Waals surface area contributed by atoms with Crippen LogP contribution in [0.1, 0.15) is 41.6 Å². The van der Waals surface area contributed by atoms with Crippen molar-refractivity contribution in [1.29, 1.82) is 0 Å². The first-order valence-electron chi connectivity index (χ1n) is 4.77. The van der Waals surface area contributed by atoms with E-state index < -0.39 is 0 Å². The highest BCUT2D eigenvalue weighted by Crippen LogP contribution is 2.34. The van der Waals surface area contributed by atoms with Crippen LogP contribution in [0.2, 0.25) is 0 Å². The van der Waals surface area contributed by atoms with Gasteiger partial charge in [-0.1, -0.05) is 11.3 Å². The molecule has 2 heterocycles. The van der Waals surface area contributed by atoms with E-state index in [4.69, 9.17) is 16.3 Å². The first-order valence-corrected chi connectivity index (χ1v) is 6.02. The van der Waals surface area contributed by atoms with Crippen LogP contribution in [0, 0.1) is 0 Å². The van der Waals surface area contributed by atoms with Gasteiger partial charge < -0.3 is 4.74 Å². The average molecular weight is 233 g/mol. The molecule has 0 aliphatic carbocycles. The predicted octanol–water partition coefficient (Wildman–Crippen LogP) is 2.73. The van der Waals surface area contributed by atoms with Crippen LogP contribution < -0.4 is 0 Å². The summed E-state index contributed by atoms with van der Waals surface area (Å²) in [5, 5.41) is 10.2. The molecule has 1 saturated heterocycles. The maximum Gasteiger partial charge on any atom is 0.135 e. The number of ether oxygens (including phenoxy) is 1. The second-order valence-corrected chi connectivity index (χ2v) is 5.26. The molecule has 3 unspecified atom stereocenters. The third-order valence-corrected chi connectivity index (χ3v) is 4.06. The van der Waals surface area contributed by atoms with Gasteiger partial charge in [-0.15, -0.1) is 21.8 Å². The van der Waals surface area contributed by atoms with Gasteiger partial charge in [-0.25, -0.2) is 0 Å². The lowest BCUT2D eigenvalue weighted by atomic mass is 10.0. The van der Waals surface area contributed by atoms with Gasteiger partial charge in [0.15, 0.2) is 0 Å². The van der Waals surface area contributed by atoms with E-state index in [0.29, 0.717) is 5.92 Å². The molecule has 1 aliphatic rings. The topological polar surface area (TPSA) is 35.0 Å².